The molecule has 13 heteroatoms. The van der Waals surface area contributed by atoms with Crippen LogP contribution in [0.4, 0.5) is 17.1 Å². The largest absolute Gasteiger partial charge is 0.493 e. The lowest BCUT2D eigenvalue weighted by atomic mass is 10.1. The number of amides is 2. The molecule has 0 aliphatic carbocycles. The number of ether oxygens (including phenoxy) is 2. The lowest BCUT2D eigenvalue weighted by Gasteiger charge is -2.11. The lowest BCUT2D eigenvalue weighted by molar-refractivity contribution is -0.394. The van der Waals surface area contributed by atoms with Crippen LogP contribution in [0.1, 0.15) is 16.7 Å². The first-order chi connectivity index (χ1) is 17.6. The fraction of sp³-hybridized carbons (Fsp3) is 0.125. The predicted octanol–water partition coefficient (Wildman–Crippen LogP) is 4.01. The molecule has 0 fully saturated rings. The highest BCUT2D eigenvalue weighted by atomic mass is 16.6. The van der Waals surface area contributed by atoms with Crippen LogP contribution in [0, 0.1) is 34.1 Å². The number of hydrogen-bond donors (Lipinski definition) is 2. The maximum absolute atomic E-state index is 12.2. The van der Waals surface area contributed by atoms with Crippen molar-refractivity contribution in [3.05, 3.63) is 91.5 Å². The number of para-hydroxylation sites is 1. The lowest BCUT2D eigenvalue weighted by Crippen LogP contribution is -2.32. The van der Waals surface area contributed by atoms with Crippen molar-refractivity contribution in [2.24, 2.45) is 5.10 Å². The molecule has 0 aromatic heterocycles. The number of hydrazone groups is 1. The molecule has 0 spiro atoms. The van der Waals surface area contributed by atoms with Gasteiger partial charge in [-0.3, -0.25) is 29.8 Å². The van der Waals surface area contributed by atoms with E-state index in [0.29, 0.717) is 11.3 Å². The minimum atomic E-state index is -0.976. The van der Waals surface area contributed by atoms with Crippen LogP contribution in [0.5, 0.6) is 17.2 Å². The molecule has 0 unspecified atom stereocenters. The summed E-state index contributed by atoms with van der Waals surface area (Å²) < 4.78 is 10.8. The normalized spacial score (nSPS) is 10.6. The average molecular weight is 507 g/mol. The van der Waals surface area contributed by atoms with Crippen molar-refractivity contribution in [2.75, 3.05) is 12.4 Å². The van der Waals surface area contributed by atoms with Crippen LogP contribution < -0.4 is 20.2 Å². The third kappa shape index (κ3) is 6.42. The Bertz CT molecular complexity index is 1400. The molecule has 13 nitrogen and oxygen atoms in total. The number of nitrogens with zero attached hydrogens (tertiary/aromatic N) is 3. The fourth-order valence-corrected chi connectivity index (χ4v) is 3.21. The van der Waals surface area contributed by atoms with Gasteiger partial charge in [-0.1, -0.05) is 18.2 Å². The van der Waals surface area contributed by atoms with E-state index in [4.69, 9.17) is 9.47 Å². The van der Waals surface area contributed by atoms with Gasteiger partial charge in [-0.2, -0.15) is 5.10 Å². The molecule has 0 saturated heterocycles. The van der Waals surface area contributed by atoms with E-state index in [0.717, 1.165) is 29.3 Å². The first-order valence-corrected chi connectivity index (χ1v) is 10.6. The number of aryl methyl sites for hydroxylation is 2. The number of nitro benzene ring substituents is 2. The first kappa shape index (κ1) is 26.3. The van der Waals surface area contributed by atoms with Crippen molar-refractivity contribution < 1.29 is 28.9 Å². The molecule has 2 N–H and O–H groups in total. The first-order valence-electron chi connectivity index (χ1n) is 10.6. The maximum atomic E-state index is 12.2. The van der Waals surface area contributed by atoms with Gasteiger partial charge in [0, 0.05) is 11.8 Å². The number of carbonyl (C=O) groups excluding carboxylic acids is 2. The van der Waals surface area contributed by atoms with E-state index in [1.165, 1.54) is 31.5 Å². The van der Waals surface area contributed by atoms with Crippen molar-refractivity contribution in [2.45, 2.75) is 13.8 Å². The summed E-state index contributed by atoms with van der Waals surface area (Å²) in [5, 5.41) is 28.6. The summed E-state index contributed by atoms with van der Waals surface area (Å²) in [7, 11) is 1.34. The Morgan fingerprint density at radius 3 is 2.19 bits per heavy atom. The number of methoxy groups -OCH3 is 1. The Balaban J connectivity index is 1.71. The molecule has 0 saturated carbocycles. The van der Waals surface area contributed by atoms with Crippen LogP contribution in [0.15, 0.2) is 59.7 Å². The highest BCUT2D eigenvalue weighted by molar-refractivity contribution is 6.39. The van der Waals surface area contributed by atoms with E-state index < -0.39 is 33.0 Å². The fourth-order valence-electron chi connectivity index (χ4n) is 3.21. The molecular formula is C24H21N5O8. The number of nitrogens with one attached hydrogen (secondary N) is 2. The van der Waals surface area contributed by atoms with Crippen LogP contribution >= 0.6 is 0 Å². The van der Waals surface area contributed by atoms with Gasteiger partial charge in [0.2, 0.25) is 5.75 Å². The molecule has 0 radical (unpaired) electrons. The third-order valence-electron chi connectivity index (χ3n) is 5.06. The molecule has 2 amide bonds. The van der Waals surface area contributed by atoms with Crippen LogP contribution in [-0.4, -0.2) is 35.0 Å². The van der Waals surface area contributed by atoms with E-state index in [1.54, 1.807) is 26.0 Å². The molecule has 0 aliphatic heterocycles. The predicted molar refractivity (Wildman–Crippen MR) is 133 cm³/mol. The van der Waals surface area contributed by atoms with E-state index >= 15 is 0 Å². The Hall–Kier alpha value is -5.33. The number of benzene rings is 3. The van der Waals surface area contributed by atoms with E-state index in [1.807, 2.05) is 6.07 Å². The zero-order valence-corrected chi connectivity index (χ0v) is 19.9. The number of hydrogen-bond acceptors (Lipinski definition) is 9. The number of carbonyl (C=O) groups is 2. The standard InChI is InChI=1S/C24H21N5O8/c1-14-5-4-6-15(2)22(14)26-23(30)24(31)27-25-13-16-7-9-20(21(11-16)36-3)37-19-10-8-17(28(32)33)12-18(19)29(34)35/h4-13H,1-3H3,(H,26,30)(H,27,31)/b25-13+. The van der Waals surface area contributed by atoms with Gasteiger partial charge in [0.1, 0.15) is 0 Å². The quantitative estimate of drug-likeness (QED) is 0.199. The van der Waals surface area contributed by atoms with Gasteiger partial charge in [0.05, 0.1) is 29.2 Å². The van der Waals surface area contributed by atoms with Gasteiger partial charge >= 0.3 is 17.5 Å². The van der Waals surface area contributed by atoms with Gasteiger partial charge in [-0.15, -0.1) is 0 Å². The van der Waals surface area contributed by atoms with Gasteiger partial charge in [0.25, 0.3) is 5.69 Å². The molecule has 0 bridgehead atoms. The smallest absolute Gasteiger partial charge is 0.329 e. The average Bonchev–Trinajstić information content (AvgIpc) is 2.86. The molecule has 0 aliphatic rings. The number of nitro groups is 2. The Morgan fingerprint density at radius 1 is 0.892 bits per heavy atom. The zero-order chi connectivity index (χ0) is 27.1. The minimum absolute atomic E-state index is 0.0913. The second-order valence-corrected chi connectivity index (χ2v) is 7.60. The minimum Gasteiger partial charge on any atom is -0.493 e. The molecular weight excluding hydrogens is 486 g/mol. The van der Waals surface area contributed by atoms with Crippen LogP contribution in [0.2, 0.25) is 0 Å². The monoisotopic (exact) mass is 507 g/mol. The Labute approximate surface area is 210 Å². The Morgan fingerprint density at radius 2 is 1.57 bits per heavy atom. The summed E-state index contributed by atoms with van der Waals surface area (Å²) >= 11 is 0. The van der Waals surface area contributed by atoms with Crippen LogP contribution in [0.25, 0.3) is 0 Å². The Kier molecular flexibility index (Phi) is 8.09. The highest BCUT2D eigenvalue weighted by Crippen LogP contribution is 2.38. The summed E-state index contributed by atoms with van der Waals surface area (Å²) in [4.78, 5) is 45.0. The molecule has 190 valence electrons. The summed E-state index contributed by atoms with van der Waals surface area (Å²) in [6.07, 6.45) is 1.25. The second-order valence-electron chi connectivity index (χ2n) is 7.60. The van der Waals surface area contributed by atoms with Crippen molar-refractivity contribution >= 4 is 35.1 Å². The summed E-state index contributed by atoms with van der Waals surface area (Å²) in [5.74, 6) is -1.83. The number of non-ortho nitro benzene ring substituents is 1. The van der Waals surface area contributed by atoms with Gasteiger partial charge in [-0.05, 0) is 54.8 Å². The second kappa shape index (κ2) is 11.4. The zero-order valence-electron chi connectivity index (χ0n) is 19.9. The molecule has 37 heavy (non-hydrogen) atoms. The summed E-state index contributed by atoms with van der Waals surface area (Å²) in [6.45, 7) is 3.61. The summed E-state index contributed by atoms with van der Waals surface area (Å²) in [6, 6.07) is 12.9. The third-order valence-corrected chi connectivity index (χ3v) is 5.06. The van der Waals surface area contributed by atoms with Gasteiger partial charge < -0.3 is 14.8 Å². The molecule has 3 aromatic carbocycles. The van der Waals surface area contributed by atoms with Crippen LogP contribution in [0.3, 0.4) is 0 Å². The van der Waals surface area contributed by atoms with Gasteiger partial charge in [0.15, 0.2) is 11.5 Å². The van der Waals surface area contributed by atoms with E-state index in [9.17, 15) is 29.8 Å². The van der Waals surface area contributed by atoms with Crippen LogP contribution in [-0.2, 0) is 9.59 Å². The number of anilines is 1. The maximum Gasteiger partial charge on any atom is 0.329 e. The van der Waals surface area contributed by atoms with Crippen molar-refractivity contribution in [1.82, 2.24) is 5.43 Å². The van der Waals surface area contributed by atoms with Gasteiger partial charge in [-0.25, -0.2) is 5.43 Å². The molecule has 0 atom stereocenters. The molecule has 0 heterocycles. The summed E-state index contributed by atoms with van der Waals surface area (Å²) in [5.41, 5.74) is 3.67. The SMILES string of the molecule is COc1cc(/C=N/NC(=O)C(=O)Nc2c(C)cccc2C)ccc1Oc1ccc([N+](=O)[O-])cc1[N+](=O)[O-]. The molecule has 3 aromatic rings. The highest BCUT2D eigenvalue weighted by Gasteiger charge is 2.22. The van der Waals surface area contributed by atoms with E-state index in [-0.39, 0.29) is 17.2 Å². The number of rotatable bonds is 8. The van der Waals surface area contributed by atoms with Crippen molar-refractivity contribution in [3.63, 3.8) is 0 Å². The van der Waals surface area contributed by atoms with Crippen molar-refractivity contribution in [1.29, 1.82) is 0 Å². The topological polar surface area (TPSA) is 175 Å². The van der Waals surface area contributed by atoms with E-state index in [2.05, 4.69) is 15.8 Å². The molecule has 3 rings (SSSR count). The van der Waals surface area contributed by atoms with Crippen molar-refractivity contribution in [3.8, 4) is 17.2 Å².